The topological polar surface area (TPSA) is 31.4 Å². The summed E-state index contributed by atoms with van der Waals surface area (Å²) in [6.07, 6.45) is 4.80. The Kier molecular flexibility index (Phi) is 7.05. The molecule has 0 aliphatic carbocycles. The molecule has 0 saturated heterocycles. The van der Waals surface area contributed by atoms with E-state index in [0.717, 1.165) is 31.6 Å². The molecule has 0 N–H and O–H groups in total. The van der Waals surface area contributed by atoms with Crippen molar-refractivity contribution in [1.29, 1.82) is 0 Å². The first-order valence-electron chi connectivity index (χ1n) is 7.20. The van der Waals surface area contributed by atoms with Gasteiger partial charge in [0.15, 0.2) is 0 Å². The molecule has 2 aromatic rings. The second kappa shape index (κ2) is 9.37. The van der Waals surface area contributed by atoms with Crippen LogP contribution in [0, 0.1) is 0 Å². The lowest BCUT2D eigenvalue weighted by Gasteiger charge is -2.06. The predicted molar refractivity (Wildman–Crippen MR) is 84.7 cm³/mol. The van der Waals surface area contributed by atoms with Crippen LogP contribution in [0.2, 0.25) is 5.15 Å². The molecule has 112 valence electrons. The number of unbranched alkanes of at least 4 members (excludes halogenated alkanes) is 2. The minimum atomic E-state index is 0.460. The number of nitrogens with zero attached hydrogens (tertiary/aromatic N) is 1. The molecule has 1 aromatic heterocycles. The Balaban J connectivity index is 1.47. The van der Waals surface area contributed by atoms with Gasteiger partial charge in [0.1, 0.15) is 10.9 Å². The fourth-order valence-corrected chi connectivity index (χ4v) is 2.08. The van der Waals surface area contributed by atoms with Crippen LogP contribution in [0.15, 0.2) is 48.7 Å². The van der Waals surface area contributed by atoms with Gasteiger partial charge in [-0.1, -0.05) is 41.9 Å². The van der Waals surface area contributed by atoms with Gasteiger partial charge in [0.2, 0.25) is 0 Å². The highest BCUT2D eigenvalue weighted by Crippen LogP contribution is 2.14. The molecule has 3 nitrogen and oxygen atoms in total. The molecule has 21 heavy (non-hydrogen) atoms. The third-order valence-corrected chi connectivity index (χ3v) is 3.22. The Morgan fingerprint density at radius 2 is 1.76 bits per heavy atom. The zero-order valence-corrected chi connectivity index (χ0v) is 12.8. The molecule has 0 spiro atoms. The summed E-state index contributed by atoms with van der Waals surface area (Å²) in [5.41, 5.74) is 1.22. The Hall–Kier alpha value is -1.58. The molecule has 0 unspecified atom stereocenters. The number of hydrogen-bond donors (Lipinski definition) is 0. The zero-order valence-electron chi connectivity index (χ0n) is 12.0. The largest absolute Gasteiger partial charge is 0.493 e. The molecular formula is C17H20ClNO2. The fraction of sp³-hybridized carbons (Fsp3) is 0.353. The Bertz CT molecular complexity index is 519. The van der Waals surface area contributed by atoms with Gasteiger partial charge in [0, 0.05) is 18.9 Å². The average Bonchev–Trinajstić information content (AvgIpc) is 2.51. The Labute approximate surface area is 130 Å². The van der Waals surface area contributed by atoms with Crippen molar-refractivity contribution < 1.29 is 9.47 Å². The van der Waals surface area contributed by atoms with Gasteiger partial charge in [-0.25, -0.2) is 4.98 Å². The number of pyridine rings is 1. The van der Waals surface area contributed by atoms with E-state index in [0.29, 0.717) is 18.4 Å². The smallest absolute Gasteiger partial charge is 0.132 e. The van der Waals surface area contributed by atoms with Gasteiger partial charge in [0.25, 0.3) is 0 Å². The summed E-state index contributed by atoms with van der Waals surface area (Å²) in [6, 6.07) is 13.8. The molecule has 0 radical (unpaired) electrons. The zero-order chi connectivity index (χ0) is 14.8. The second-order valence-corrected chi connectivity index (χ2v) is 5.15. The Morgan fingerprint density at radius 3 is 2.57 bits per heavy atom. The van der Waals surface area contributed by atoms with E-state index in [4.69, 9.17) is 21.1 Å². The van der Waals surface area contributed by atoms with Crippen molar-refractivity contribution in [3.05, 3.63) is 59.4 Å². The summed E-state index contributed by atoms with van der Waals surface area (Å²) in [5, 5.41) is 0.460. The van der Waals surface area contributed by atoms with Crippen LogP contribution in [0.1, 0.15) is 24.8 Å². The monoisotopic (exact) mass is 305 g/mol. The van der Waals surface area contributed by atoms with Crippen molar-refractivity contribution in [2.24, 2.45) is 0 Å². The van der Waals surface area contributed by atoms with Crippen LogP contribution in [0.3, 0.4) is 0 Å². The van der Waals surface area contributed by atoms with Crippen LogP contribution < -0.4 is 4.74 Å². The SMILES string of the molecule is Clc1cc(OCCCCCOCc2ccccc2)ccn1. The third kappa shape index (κ3) is 6.61. The summed E-state index contributed by atoms with van der Waals surface area (Å²) < 4.78 is 11.2. The van der Waals surface area contributed by atoms with Crippen LogP contribution in [0.25, 0.3) is 0 Å². The van der Waals surface area contributed by atoms with Crippen molar-refractivity contribution >= 4 is 11.6 Å². The van der Waals surface area contributed by atoms with Gasteiger partial charge < -0.3 is 9.47 Å². The van der Waals surface area contributed by atoms with Crippen molar-refractivity contribution in [2.75, 3.05) is 13.2 Å². The average molecular weight is 306 g/mol. The van der Waals surface area contributed by atoms with E-state index < -0.39 is 0 Å². The van der Waals surface area contributed by atoms with E-state index in [9.17, 15) is 0 Å². The maximum atomic E-state index is 5.79. The van der Waals surface area contributed by atoms with Crippen molar-refractivity contribution in [2.45, 2.75) is 25.9 Å². The molecule has 2 rings (SSSR count). The van der Waals surface area contributed by atoms with Crippen molar-refractivity contribution in [3.63, 3.8) is 0 Å². The van der Waals surface area contributed by atoms with E-state index in [1.807, 2.05) is 24.3 Å². The van der Waals surface area contributed by atoms with Crippen molar-refractivity contribution in [1.82, 2.24) is 4.98 Å². The molecule has 0 bridgehead atoms. The minimum absolute atomic E-state index is 0.460. The highest BCUT2D eigenvalue weighted by atomic mass is 35.5. The molecule has 1 heterocycles. The molecule has 0 aliphatic heterocycles. The maximum absolute atomic E-state index is 5.79. The predicted octanol–water partition coefficient (Wildman–Crippen LogP) is 4.50. The van der Waals surface area contributed by atoms with Crippen LogP contribution in [-0.2, 0) is 11.3 Å². The molecule has 0 saturated carbocycles. The molecule has 4 heteroatoms. The second-order valence-electron chi connectivity index (χ2n) is 4.76. The summed E-state index contributed by atoms with van der Waals surface area (Å²) in [6.45, 7) is 2.17. The molecule has 0 amide bonds. The van der Waals surface area contributed by atoms with E-state index in [1.165, 1.54) is 5.56 Å². The number of aromatic nitrogens is 1. The normalized spacial score (nSPS) is 10.5. The lowest BCUT2D eigenvalue weighted by atomic mass is 10.2. The fourth-order valence-electron chi connectivity index (χ4n) is 1.91. The first kappa shape index (κ1) is 15.8. The lowest BCUT2D eigenvalue weighted by molar-refractivity contribution is 0.116. The van der Waals surface area contributed by atoms with Crippen LogP contribution in [-0.4, -0.2) is 18.2 Å². The van der Waals surface area contributed by atoms with Crippen LogP contribution >= 0.6 is 11.6 Å². The number of halogens is 1. The summed E-state index contributed by atoms with van der Waals surface area (Å²) in [4.78, 5) is 3.91. The van der Waals surface area contributed by atoms with Crippen molar-refractivity contribution in [3.8, 4) is 5.75 Å². The maximum Gasteiger partial charge on any atom is 0.132 e. The van der Waals surface area contributed by atoms with Gasteiger partial charge in [-0.2, -0.15) is 0 Å². The van der Waals surface area contributed by atoms with Crippen LogP contribution in [0.5, 0.6) is 5.75 Å². The van der Waals surface area contributed by atoms with Gasteiger partial charge in [-0.15, -0.1) is 0 Å². The molecule has 0 fully saturated rings. The van der Waals surface area contributed by atoms with Gasteiger partial charge >= 0.3 is 0 Å². The van der Waals surface area contributed by atoms with Gasteiger partial charge in [-0.3, -0.25) is 0 Å². The molecule has 0 atom stereocenters. The van der Waals surface area contributed by atoms with E-state index in [2.05, 4.69) is 17.1 Å². The van der Waals surface area contributed by atoms with E-state index in [-0.39, 0.29) is 0 Å². The third-order valence-electron chi connectivity index (χ3n) is 3.01. The molecule has 1 aromatic carbocycles. The summed E-state index contributed by atoms with van der Waals surface area (Å²) in [5.74, 6) is 0.773. The minimum Gasteiger partial charge on any atom is -0.493 e. The highest BCUT2D eigenvalue weighted by Gasteiger charge is 1.96. The first-order valence-corrected chi connectivity index (χ1v) is 7.58. The molecular weight excluding hydrogens is 286 g/mol. The number of benzene rings is 1. The van der Waals surface area contributed by atoms with E-state index in [1.54, 1.807) is 12.3 Å². The van der Waals surface area contributed by atoms with Crippen LogP contribution in [0.4, 0.5) is 0 Å². The standard InChI is InChI=1S/C17H20ClNO2/c18-17-13-16(9-10-19-17)21-12-6-2-5-11-20-14-15-7-3-1-4-8-15/h1,3-4,7-10,13H,2,5-6,11-12,14H2. The Morgan fingerprint density at radius 1 is 0.952 bits per heavy atom. The molecule has 0 aliphatic rings. The summed E-state index contributed by atoms with van der Waals surface area (Å²) in [7, 11) is 0. The van der Waals surface area contributed by atoms with Gasteiger partial charge in [-0.05, 0) is 30.9 Å². The van der Waals surface area contributed by atoms with Gasteiger partial charge in [0.05, 0.1) is 13.2 Å². The van der Waals surface area contributed by atoms with E-state index >= 15 is 0 Å². The number of hydrogen-bond acceptors (Lipinski definition) is 3. The summed E-state index contributed by atoms with van der Waals surface area (Å²) >= 11 is 5.79. The number of ether oxygens (including phenoxy) is 2. The first-order chi connectivity index (χ1) is 10.3. The highest BCUT2D eigenvalue weighted by molar-refractivity contribution is 6.29. The number of rotatable bonds is 9. The quantitative estimate of drug-likeness (QED) is 0.505. The lowest BCUT2D eigenvalue weighted by Crippen LogP contribution is -2.00.